The summed E-state index contributed by atoms with van der Waals surface area (Å²) in [6.07, 6.45) is 3.47. The smallest absolute Gasteiger partial charge is 0.133 e. The van der Waals surface area contributed by atoms with Crippen molar-refractivity contribution >= 4 is 5.78 Å². The van der Waals surface area contributed by atoms with Gasteiger partial charge in [-0.2, -0.15) is 0 Å². The summed E-state index contributed by atoms with van der Waals surface area (Å²) in [5, 5.41) is 0. The van der Waals surface area contributed by atoms with Crippen molar-refractivity contribution in [1.82, 2.24) is 0 Å². The Kier molecular flexibility index (Phi) is 4.76. The lowest BCUT2D eigenvalue weighted by Crippen LogP contribution is -2.15. The molecule has 0 aromatic heterocycles. The van der Waals surface area contributed by atoms with Crippen molar-refractivity contribution in [3.8, 4) is 5.75 Å². The van der Waals surface area contributed by atoms with Gasteiger partial charge in [-0.25, -0.2) is 0 Å². The Morgan fingerprint density at radius 1 is 1.28 bits per heavy atom. The summed E-state index contributed by atoms with van der Waals surface area (Å²) >= 11 is 0. The lowest BCUT2D eigenvalue weighted by atomic mass is 9.83. The van der Waals surface area contributed by atoms with Crippen molar-refractivity contribution in [2.75, 3.05) is 20.3 Å². The maximum atomic E-state index is 11.6. The zero-order chi connectivity index (χ0) is 12.8. The first kappa shape index (κ1) is 13.1. The molecule has 3 nitrogen and oxygen atoms in total. The van der Waals surface area contributed by atoms with Crippen molar-refractivity contribution in [2.45, 2.75) is 31.6 Å². The van der Waals surface area contributed by atoms with Crippen LogP contribution in [0.25, 0.3) is 0 Å². The predicted molar refractivity (Wildman–Crippen MR) is 70.0 cm³/mol. The zero-order valence-corrected chi connectivity index (χ0v) is 10.9. The average Bonchev–Trinajstić information content (AvgIpc) is 2.40. The summed E-state index contributed by atoms with van der Waals surface area (Å²) in [5.74, 6) is 1.59. The second kappa shape index (κ2) is 6.55. The molecule has 1 atom stereocenters. The number of ether oxygens (including phenoxy) is 2. The number of Topliss-reactive ketones (excluding diaryl/α,β-unsaturated/α-hetero) is 1. The van der Waals surface area contributed by atoms with Crippen LogP contribution in [0.5, 0.6) is 5.75 Å². The van der Waals surface area contributed by atoms with Crippen LogP contribution in [0, 0.1) is 0 Å². The largest absolute Gasteiger partial charge is 0.491 e. The van der Waals surface area contributed by atoms with Gasteiger partial charge >= 0.3 is 0 Å². The van der Waals surface area contributed by atoms with Crippen LogP contribution in [0.1, 0.15) is 37.2 Å². The average molecular weight is 248 g/mol. The van der Waals surface area contributed by atoms with Gasteiger partial charge in [-0.1, -0.05) is 18.2 Å². The van der Waals surface area contributed by atoms with E-state index in [1.807, 2.05) is 18.2 Å². The Balaban J connectivity index is 2.08. The molecular formula is C15H20O3. The molecule has 98 valence electrons. The second-order valence-corrected chi connectivity index (χ2v) is 4.71. The molecule has 0 bridgehead atoms. The number of rotatable bonds is 5. The van der Waals surface area contributed by atoms with Crippen LogP contribution >= 0.6 is 0 Å². The van der Waals surface area contributed by atoms with E-state index >= 15 is 0 Å². The molecule has 0 heterocycles. The molecule has 1 aliphatic carbocycles. The number of methoxy groups -OCH3 is 1. The van der Waals surface area contributed by atoms with Crippen LogP contribution < -0.4 is 4.74 Å². The van der Waals surface area contributed by atoms with Gasteiger partial charge in [-0.05, 0) is 30.4 Å². The van der Waals surface area contributed by atoms with E-state index < -0.39 is 0 Å². The molecule has 1 saturated carbocycles. The molecule has 0 saturated heterocycles. The molecule has 18 heavy (non-hydrogen) atoms. The third kappa shape index (κ3) is 3.33. The summed E-state index contributed by atoms with van der Waals surface area (Å²) in [6.45, 7) is 1.13. The highest BCUT2D eigenvalue weighted by molar-refractivity contribution is 5.80. The van der Waals surface area contributed by atoms with Crippen molar-refractivity contribution in [3.05, 3.63) is 29.8 Å². The topological polar surface area (TPSA) is 35.5 Å². The Hall–Kier alpha value is -1.35. The van der Waals surface area contributed by atoms with Crippen LogP contribution in [-0.4, -0.2) is 26.1 Å². The molecule has 1 aromatic carbocycles. The molecular weight excluding hydrogens is 228 g/mol. The molecule has 2 rings (SSSR count). The van der Waals surface area contributed by atoms with Crippen molar-refractivity contribution < 1.29 is 14.3 Å². The van der Waals surface area contributed by atoms with Gasteiger partial charge < -0.3 is 9.47 Å². The first-order chi connectivity index (χ1) is 8.81. The fourth-order valence-electron chi connectivity index (χ4n) is 2.47. The van der Waals surface area contributed by atoms with Crippen molar-refractivity contribution in [3.63, 3.8) is 0 Å². The lowest BCUT2D eigenvalue weighted by Gasteiger charge is -2.23. The van der Waals surface area contributed by atoms with E-state index in [4.69, 9.17) is 9.47 Å². The quantitative estimate of drug-likeness (QED) is 0.751. The van der Waals surface area contributed by atoms with Crippen molar-refractivity contribution in [1.29, 1.82) is 0 Å². The molecule has 0 spiro atoms. The van der Waals surface area contributed by atoms with E-state index in [-0.39, 0.29) is 0 Å². The Bertz CT molecular complexity index is 400. The van der Waals surface area contributed by atoms with E-state index in [1.165, 1.54) is 5.56 Å². The summed E-state index contributed by atoms with van der Waals surface area (Å²) < 4.78 is 10.7. The minimum atomic E-state index is 0.324. The molecule has 0 N–H and O–H groups in total. The minimum Gasteiger partial charge on any atom is -0.491 e. The number of carbonyl (C=O) groups is 1. The van der Waals surface area contributed by atoms with Crippen LogP contribution in [0.15, 0.2) is 24.3 Å². The van der Waals surface area contributed by atoms with Crippen molar-refractivity contribution in [2.24, 2.45) is 0 Å². The fraction of sp³-hybridized carbons (Fsp3) is 0.533. The van der Waals surface area contributed by atoms with Gasteiger partial charge in [0.1, 0.15) is 18.1 Å². The summed E-state index contributed by atoms with van der Waals surface area (Å²) in [6, 6.07) is 8.03. The van der Waals surface area contributed by atoms with Gasteiger partial charge in [-0.3, -0.25) is 4.79 Å². The van der Waals surface area contributed by atoms with E-state index in [0.717, 1.165) is 25.0 Å². The Labute approximate surface area is 108 Å². The van der Waals surface area contributed by atoms with Gasteiger partial charge in [0.05, 0.1) is 6.61 Å². The number of hydrogen-bond donors (Lipinski definition) is 0. The highest BCUT2D eigenvalue weighted by Gasteiger charge is 2.23. The minimum absolute atomic E-state index is 0.324. The maximum Gasteiger partial charge on any atom is 0.133 e. The highest BCUT2D eigenvalue weighted by Crippen LogP contribution is 2.36. The molecule has 1 aromatic rings. The standard InChI is InChI=1S/C15H20O3/c1-17-9-10-18-15-8-3-2-7-14(15)12-5-4-6-13(16)11-12/h2-3,7-8,12H,4-6,9-11H2,1H3. The number of hydrogen-bond acceptors (Lipinski definition) is 3. The van der Waals surface area contributed by atoms with Crippen LogP contribution in [-0.2, 0) is 9.53 Å². The van der Waals surface area contributed by atoms with Gasteiger partial charge in [0.15, 0.2) is 0 Å². The third-order valence-corrected chi connectivity index (χ3v) is 3.39. The summed E-state index contributed by atoms with van der Waals surface area (Å²) in [5.41, 5.74) is 1.17. The lowest BCUT2D eigenvalue weighted by molar-refractivity contribution is -0.120. The van der Waals surface area contributed by atoms with Gasteiger partial charge in [-0.15, -0.1) is 0 Å². The normalized spacial score (nSPS) is 19.8. The molecule has 1 unspecified atom stereocenters. The zero-order valence-electron chi connectivity index (χ0n) is 10.9. The summed E-state index contributed by atoms with van der Waals surface area (Å²) in [4.78, 5) is 11.6. The van der Waals surface area contributed by atoms with E-state index in [9.17, 15) is 4.79 Å². The Morgan fingerprint density at radius 3 is 2.89 bits per heavy atom. The summed E-state index contributed by atoms with van der Waals surface area (Å²) in [7, 11) is 1.66. The number of benzene rings is 1. The molecule has 0 radical (unpaired) electrons. The predicted octanol–water partition coefficient (Wildman–Crippen LogP) is 2.94. The molecule has 1 fully saturated rings. The van der Waals surface area contributed by atoms with Gasteiger partial charge in [0.2, 0.25) is 0 Å². The molecule has 1 aliphatic rings. The third-order valence-electron chi connectivity index (χ3n) is 3.39. The number of carbonyl (C=O) groups excluding carboxylic acids is 1. The molecule has 3 heteroatoms. The van der Waals surface area contributed by atoms with E-state index in [1.54, 1.807) is 7.11 Å². The van der Waals surface area contributed by atoms with Crippen LogP contribution in [0.2, 0.25) is 0 Å². The second-order valence-electron chi connectivity index (χ2n) is 4.71. The maximum absolute atomic E-state index is 11.6. The van der Waals surface area contributed by atoms with Crippen LogP contribution in [0.4, 0.5) is 0 Å². The number of ketones is 1. The Morgan fingerprint density at radius 2 is 2.11 bits per heavy atom. The van der Waals surface area contributed by atoms with E-state index in [2.05, 4.69) is 6.07 Å². The van der Waals surface area contributed by atoms with Crippen LogP contribution in [0.3, 0.4) is 0 Å². The first-order valence-electron chi connectivity index (χ1n) is 6.53. The monoisotopic (exact) mass is 248 g/mol. The number of para-hydroxylation sites is 1. The molecule has 0 aliphatic heterocycles. The fourth-order valence-corrected chi connectivity index (χ4v) is 2.47. The van der Waals surface area contributed by atoms with Gasteiger partial charge in [0.25, 0.3) is 0 Å². The first-order valence-corrected chi connectivity index (χ1v) is 6.53. The SMILES string of the molecule is COCCOc1ccccc1C1CCCC(=O)C1. The molecule has 0 amide bonds. The van der Waals surface area contributed by atoms with E-state index in [0.29, 0.717) is 31.3 Å². The van der Waals surface area contributed by atoms with Gasteiger partial charge in [0, 0.05) is 20.0 Å². The highest BCUT2D eigenvalue weighted by atomic mass is 16.5.